The van der Waals surface area contributed by atoms with Crippen molar-refractivity contribution in [1.29, 1.82) is 0 Å². The lowest BCUT2D eigenvalue weighted by Crippen LogP contribution is -2.01. The molecule has 0 saturated heterocycles. The van der Waals surface area contributed by atoms with Gasteiger partial charge in [0, 0.05) is 0 Å². The van der Waals surface area contributed by atoms with Crippen LogP contribution in [0.5, 0.6) is 0 Å². The predicted molar refractivity (Wildman–Crippen MR) is 24.9 cm³/mol. The Morgan fingerprint density at radius 3 is 3.00 bits per heavy atom. The van der Waals surface area contributed by atoms with E-state index >= 15 is 0 Å². The van der Waals surface area contributed by atoms with Crippen molar-refractivity contribution in [1.82, 2.24) is 20.2 Å². The van der Waals surface area contributed by atoms with Crippen LogP contribution in [0.15, 0.2) is 6.33 Å². The highest BCUT2D eigenvalue weighted by Gasteiger charge is 1.85. The molecule has 5 nitrogen and oxygen atoms in total. The van der Waals surface area contributed by atoms with E-state index in [-0.39, 0.29) is 6.61 Å². The fourth-order valence-corrected chi connectivity index (χ4v) is 0.385. The molecule has 0 aliphatic carbocycles. The maximum absolute atomic E-state index is 8.32. The fraction of sp³-hybridized carbons (Fsp3) is 0.667. The Bertz CT molecular complexity index is 137. The van der Waals surface area contributed by atoms with Crippen LogP contribution in [0, 0.1) is 0 Å². The van der Waals surface area contributed by atoms with Gasteiger partial charge in [0.25, 0.3) is 0 Å². The van der Waals surface area contributed by atoms with E-state index in [1.807, 2.05) is 0 Å². The summed E-state index contributed by atoms with van der Waals surface area (Å²) in [5.41, 5.74) is 0. The zero-order valence-corrected chi connectivity index (χ0v) is 4.23. The molecule has 1 rings (SSSR count). The monoisotopic (exact) mass is 114 g/mol. The van der Waals surface area contributed by atoms with Crippen molar-refractivity contribution >= 4 is 0 Å². The number of nitrogens with zero attached hydrogens (tertiary/aromatic N) is 4. The van der Waals surface area contributed by atoms with Gasteiger partial charge in [-0.05, 0) is 10.4 Å². The number of aromatic nitrogens is 4. The molecule has 1 N–H and O–H groups in total. The van der Waals surface area contributed by atoms with E-state index in [0.717, 1.165) is 0 Å². The van der Waals surface area contributed by atoms with E-state index in [2.05, 4.69) is 15.5 Å². The lowest BCUT2D eigenvalue weighted by Gasteiger charge is -1.88. The summed E-state index contributed by atoms with van der Waals surface area (Å²) in [5.74, 6) is 0. The molecule has 0 atom stereocenters. The summed E-state index contributed by atoms with van der Waals surface area (Å²) in [6.07, 6.45) is 1.45. The molecule has 0 aliphatic rings. The molecule has 5 heteroatoms. The number of hydrogen-bond donors (Lipinski definition) is 1. The second kappa shape index (κ2) is 2.37. The summed E-state index contributed by atoms with van der Waals surface area (Å²) in [6.45, 7) is 0.540. The molecule has 1 aromatic heterocycles. The van der Waals surface area contributed by atoms with Crippen molar-refractivity contribution in [3.63, 3.8) is 0 Å². The van der Waals surface area contributed by atoms with E-state index in [0.29, 0.717) is 6.54 Å². The average molecular weight is 114 g/mol. The van der Waals surface area contributed by atoms with Gasteiger partial charge in [0.2, 0.25) is 0 Å². The third-order valence-corrected chi connectivity index (χ3v) is 0.721. The van der Waals surface area contributed by atoms with Crippen LogP contribution in [0.3, 0.4) is 0 Å². The molecule has 0 fully saturated rings. The lowest BCUT2D eigenvalue weighted by atomic mass is 10.7. The van der Waals surface area contributed by atoms with Crippen LogP contribution in [0.2, 0.25) is 0 Å². The first-order valence-corrected chi connectivity index (χ1v) is 2.25. The Morgan fingerprint density at radius 2 is 2.50 bits per heavy atom. The Kier molecular flexibility index (Phi) is 1.53. The molecule has 0 aromatic carbocycles. The second-order valence-corrected chi connectivity index (χ2v) is 1.30. The van der Waals surface area contributed by atoms with Crippen LogP contribution in [-0.4, -0.2) is 31.9 Å². The van der Waals surface area contributed by atoms with Crippen LogP contribution in [0.1, 0.15) is 0 Å². The van der Waals surface area contributed by atoms with Gasteiger partial charge < -0.3 is 5.11 Å². The largest absolute Gasteiger partial charge is 0.394 e. The molecule has 0 radical (unpaired) electrons. The van der Waals surface area contributed by atoms with E-state index in [4.69, 9.17) is 5.11 Å². The second-order valence-electron chi connectivity index (χ2n) is 1.30. The highest BCUT2D eigenvalue weighted by molar-refractivity contribution is 4.43. The molecule has 1 aromatic rings. The van der Waals surface area contributed by atoms with Gasteiger partial charge in [0.1, 0.15) is 6.33 Å². The molecule has 0 spiro atoms. The van der Waals surface area contributed by atoms with Gasteiger partial charge in [-0.3, -0.25) is 0 Å². The molecule has 0 saturated carbocycles. The topological polar surface area (TPSA) is 63.8 Å². The normalized spacial score (nSPS) is 9.62. The van der Waals surface area contributed by atoms with Crippen molar-refractivity contribution in [2.75, 3.05) is 6.61 Å². The molecular weight excluding hydrogens is 108 g/mol. The SMILES string of the molecule is OCCn1cnnn1. The van der Waals surface area contributed by atoms with Crippen LogP contribution < -0.4 is 0 Å². The van der Waals surface area contributed by atoms with E-state index in [1.165, 1.54) is 11.0 Å². The van der Waals surface area contributed by atoms with Gasteiger partial charge in [-0.2, -0.15) is 0 Å². The highest BCUT2D eigenvalue weighted by Crippen LogP contribution is 1.72. The van der Waals surface area contributed by atoms with Gasteiger partial charge in [0.05, 0.1) is 13.2 Å². The van der Waals surface area contributed by atoms with Gasteiger partial charge in [0.15, 0.2) is 0 Å². The third kappa shape index (κ3) is 1.00. The minimum atomic E-state index is 0.0744. The van der Waals surface area contributed by atoms with Crippen LogP contribution in [-0.2, 0) is 6.54 Å². The summed E-state index contributed by atoms with van der Waals surface area (Å²) in [4.78, 5) is 0. The van der Waals surface area contributed by atoms with Crippen LogP contribution in [0.25, 0.3) is 0 Å². The molecule has 1 heterocycles. The number of rotatable bonds is 2. The molecule has 8 heavy (non-hydrogen) atoms. The quantitative estimate of drug-likeness (QED) is 0.517. The van der Waals surface area contributed by atoms with Crippen molar-refractivity contribution in [3.8, 4) is 0 Å². The van der Waals surface area contributed by atoms with Gasteiger partial charge in [-0.15, -0.1) is 5.10 Å². The summed E-state index contributed by atoms with van der Waals surface area (Å²) < 4.78 is 1.46. The molecule has 0 aliphatic heterocycles. The fourth-order valence-electron chi connectivity index (χ4n) is 0.385. The summed E-state index contributed by atoms with van der Waals surface area (Å²) in [6, 6.07) is 0. The standard InChI is InChI=1S/C3H6N4O/c8-2-1-7-3-4-5-6-7/h3,8H,1-2H2. The average Bonchev–Trinajstić information content (AvgIpc) is 2.19. The van der Waals surface area contributed by atoms with Gasteiger partial charge in [-0.1, -0.05) is 0 Å². The molecule has 0 bridgehead atoms. The summed E-state index contributed by atoms with van der Waals surface area (Å²) >= 11 is 0. The van der Waals surface area contributed by atoms with Crippen LogP contribution in [0.4, 0.5) is 0 Å². The number of tetrazole rings is 1. The molecule has 0 unspecified atom stereocenters. The number of aliphatic hydroxyl groups is 1. The first-order valence-electron chi connectivity index (χ1n) is 2.25. The molecule has 0 amide bonds. The summed E-state index contributed by atoms with van der Waals surface area (Å²) in [7, 11) is 0. The first kappa shape index (κ1) is 5.17. The van der Waals surface area contributed by atoms with E-state index in [1.54, 1.807) is 0 Å². The van der Waals surface area contributed by atoms with Crippen LogP contribution >= 0.6 is 0 Å². The summed E-state index contributed by atoms with van der Waals surface area (Å²) in [5, 5.41) is 18.5. The molecule has 44 valence electrons. The zero-order valence-electron chi connectivity index (χ0n) is 4.23. The van der Waals surface area contributed by atoms with Crippen molar-refractivity contribution in [2.24, 2.45) is 0 Å². The maximum atomic E-state index is 8.32. The minimum Gasteiger partial charge on any atom is -0.394 e. The zero-order chi connectivity index (χ0) is 5.82. The highest BCUT2D eigenvalue weighted by atomic mass is 16.3. The maximum Gasteiger partial charge on any atom is 0.138 e. The smallest absolute Gasteiger partial charge is 0.138 e. The van der Waals surface area contributed by atoms with Gasteiger partial charge >= 0.3 is 0 Å². The number of hydrogen-bond acceptors (Lipinski definition) is 4. The lowest BCUT2D eigenvalue weighted by molar-refractivity contribution is 0.268. The van der Waals surface area contributed by atoms with E-state index < -0.39 is 0 Å². The van der Waals surface area contributed by atoms with Gasteiger partial charge in [-0.25, -0.2) is 4.68 Å². The number of aliphatic hydroxyl groups excluding tert-OH is 1. The molecular formula is C3H6N4O. The Morgan fingerprint density at radius 1 is 1.62 bits per heavy atom. The Balaban J connectivity index is 2.50. The minimum absolute atomic E-state index is 0.0744. The van der Waals surface area contributed by atoms with E-state index in [9.17, 15) is 0 Å². The van der Waals surface area contributed by atoms with Crippen molar-refractivity contribution in [3.05, 3.63) is 6.33 Å². The third-order valence-electron chi connectivity index (χ3n) is 0.721. The first-order chi connectivity index (χ1) is 3.93. The predicted octanol–water partition coefficient (Wildman–Crippen LogP) is -1.33. The van der Waals surface area contributed by atoms with Crippen molar-refractivity contribution < 1.29 is 5.11 Å². The van der Waals surface area contributed by atoms with Crippen molar-refractivity contribution in [2.45, 2.75) is 6.54 Å². The Hall–Kier alpha value is -0.970. The Labute approximate surface area is 45.9 Å².